The van der Waals surface area contributed by atoms with E-state index in [9.17, 15) is 4.79 Å². The number of rotatable bonds is 2. The Hall–Kier alpha value is -1.81. The number of amides is 1. The lowest BCUT2D eigenvalue weighted by molar-refractivity contribution is 0.0934. The molecule has 0 saturated heterocycles. The Bertz CT molecular complexity index is 591. The van der Waals surface area contributed by atoms with E-state index in [2.05, 4.69) is 5.32 Å². The minimum absolute atomic E-state index is 0.0293. The van der Waals surface area contributed by atoms with Crippen molar-refractivity contribution < 1.29 is 9.53 Å². The van der Waals surface area contributed by atoms with Crippen molar-refractivity contribution in [2.45, 2.75) is 13.0 Å². The summed E-state index contributed by atoms with van der Waals surface area (Å²) in [6, 6.07) is 11.6. The molecule has 1 aromatic heterocycles. The zero-order chi connectivity index (χ0) is 12.5. The normalized spacial score (nSPS) is 17.1. The summed E-state index contributed by atoms with van der Waals surface area (Å²) in [5.74, 6) is 0.837. The maximum Gasteiger partial charge on any atom is 0.261 e. The van der Waals surface area contributed by atoms with Crippen molar-refractivity contribution in [3.05, 3.63) is 51.7 Å². The van der Waals surface area contributed by atoms with E-state index in [-0.39, 0.29) is 11.9 Å². The van der Waals surface area contributed by atoms with E-state index in [0.717, 1.165) is 21.1 Å². The van der Waals surface area contributed by atoms with Crippen molar-refractivity contribution in [1.82, 2.24) is 5.32 Å². The van der Waals surface area contributed by atoms with Gasteiger partial charge in [-0.1, -0.05) is 18.2 Å². The number of nitrogens with one attached hydrogen (secondary N) is 1. The van der Waals surface area contributed by atoms with Gasteiger partial charge in [-0.15, -0.1) is 11.3 Å². The maximum absolute atomic E-state index is 12.1. The molecule has 2 aromatic rings. The molecule has 92 valence electrons. The van der Waals surface area contributed by atoms with Gasteiger partial charge in [0.25, 0.3) is 5.91 Å². The van der Waals surface area contributed by atoms with Crippen LogP contribution in [0.2, 0.25) is 0 Å². The number of hydrogen-bond donors (Lipinski definition) is 1. The van der Waals surface area contributed by atoms with Gasteiger partial charge in [0.2, 0.25) is 0 Å². The number of aryl methyl sites for hydroxylation is 1. The van der Waals surface area contributed by atoms with E-state index in [1.54, 1.807) is 0 Å². The molecule has 1 atom stereocenters. The third-order valence-corrected chi connectivity index (χ3v) is 3.97. The third-order valence-electron chi connectivity index (χ3n) is 2.97. The highest BCUT2D eigenvalue weighted by molar-refractivity contribution is 7.13. The fourth-order valence-corrected chi connectivity index (χ4v) is 2.84. The number of fused-ring (bicyclic) bond motifs is 1. The summed E-state index contributed by atoms with van der Waals surface area (Å²) in [4.78, 5) is 14.0. The summed E-state index contributed by atoms with van der Waals surface area (Å²) < 4.78 is 5.54. The second kappa shape index (κ2) is 4.46. The largest absolute Gasteiger partial charge is 0.491 e. The van der Waals surface area contributed by atoms with Gasteiger partial charge in [0.05, 0.1) is 10.9 Å². The van der Waals surface area contributed by atoms with Crippen molar-refractivity contribution in [1.29, 1.82) is 0 Å². The minimum atomic E-state index is -0.0453. The van der Waals surface area contributed by atoms with Crippen LogP contribution in [-0.4, -0.2) is 12.5 Å². The SMILES string of the molecule is Cc1ccc(C(=O)N[C@@H]2COc3ccccc32)s1. The summed E-state index contributed by atoms with van der Waals surface area (Å²) in [7, 11) is 0. The lowest BCUT2D eigenvalue weighted by Crippen LogP contribution is -2.28. The van der Waals surface area contributed by atoms with Crippen LogP contribution in [0.15, 0.2) is 36.4 Å². The van der Waals surface area contributed by atoms with Gasteiger partial charge in [-0.25, -0.2) is 0 Å². The zero-order valence-electron chi connectivity index (χ0n) is 9.97. The number of carbonyl (C=O) groups excluding carboxylic acids is 1. The second-order valence-corrected chi connectivity index (χ2v) is 5.57. The first-order valence-corrected chi connectivity index (χ1v) is 6.65. The Morgan fingerprint density at radius 3 is 2.94 bits per heavy atom. The molecule has 1 aromatic carbocycles. The Labute approximate surface area is 109 Å². The first kappa shape index (κ1) is 11.3. The number of thiophene rings is 1. The van der Waals surface area contributed by atoms with Gasteiger partial charge in [0, 0.05) is 10.4 Å². The second-order valence-electron chi connectivity index (χ2n) is 4.29. The van der Waals surface area contributed by atoms with Gasteiger partial charge >= 0.3 is 0 Å². The average molecular weight is 259 g/mol. The van der Waals surface area contributed by atoms with Crippen LogP contribution in [0.3, 0.4) is 0 Å². The van der Waals surface area contributed by atoms with Crippen molar-refractivity contribution in [2.75, 3.05) is 6.61 Å². The zero-order valence-corrected chi connectivity index (χ0v) is 10.8. The lowest BCUT2D eigenvalue weighted by Gasteiger charge is -2.10. The predicted octanol–water partition coefficient (Wildman–Crippen LogP) is 2.92. The smallest absolute Gasteiger partial charge is 0.261 e. The molecule has 1 aliphatic rings. The molecule has 0 bridgehead atoms. The van der Waals surface area contributed by atoms with Gasteiger partial charge in [0.15, 0.2) is 0 Å². The summed E-state index contributed by atoms with van der Waals surface area (Å²) in [5.41, 5.74) is 1.05. The van der Waals surface area contributed by atoms with Crippen LogP contribution < -0.4 is 10.1 Å². The van der Waals surface area contributed by atoms with E-state index < -0.39 is 0 Å². The Balaban J connectivity index is 1.77. The molecule has 1 aliphatic heterocycles. The monoisotopic (exact) mass is 259 g/mol. The number of para-hydroxylation sites is 1. The average Bonchev–Trinajstić information content (AvgIpc) is 2.97. The lowest BCUT2D eigenvalue weighted by atomic mass is 10.1. The minimum Gasteiger partial charge on any atom is -0.491 e. The Kier molecular flexibility index (Phi) is 2.80. The fourth-order valence-electron chi connectivity index (χ4n) is 2.07. The molecule has 0 radical (unpaired) electrons. The van der Waals surface area contributed by atoms with E-state index in [1.165, 1.54) is 11.3 Å². The molecule has 4 heteroatoms. The van der Waals surface area contributed by atoms with Gasteiger partial charge < -0.3 is 10.1 Å². The molecule has 2 heterocycles. The summed E-state index contributed by atoms with van der Waals surface area (Å²) in [6.45, 7) is 2.50. The van der Waals surface area contributed by atoms with Gasteiger partial charge in [-0.05, 0) is 25.1 Å². The standard InChI is InChI=1S/C14H13NO2S/c1-9-6-7-13(18-9)14(16)15-11-8-17-12-5-3-2-4-10(11)12/h2-7,11H,8H2,1H3,(H,15,16)/t11-/m1/s1. The highest BCUT2D eigenvalue weighted by atomic mass is 32.1. The van der Waals surface area contributed by atoms with Gasteiger partial charge in [-0.2, -0.15) is 0 Å². The van der Waals surface area contributed by atoms with Crippen molar-refractivity contribution >= 4 is 17.2 Å². The number of hydrogen-bond acceptors (Lipinski definition) is 3. The highest BCUT2D eigenvalue weighted by Gasteiger charge is 2.25. The van der Waals surface area contributed by atoms with E-state index in [1.807, 2.05) is 43.3 Å². The number of benzene rings is 1. The molecule has 0 spiro atoms. The quantitative estimate of drug-likeness (QED) is 0.900. The molecule has 1 amide bonds. The predicted molar refractivity (Wildman–Crippen MR) is 71.2 cm³/mol. The van der Waals surface area contributed by atoms with Crippen LogP contribution in [0.4, 0.5) is 0 Å². The fraction of sp³-hybridized carbons (Fsp3) is 0.214. The van der Waals surface area contributed by atoms with Crippen molar-refractivity contribution in [3.63, 3.8) is 0 Å². The molecule has 1 N–H and O–H groups in total. The number of carbonyl (C=O) groups is 1. The molecule has 0 fully saturated rings. The van der Waals surface area contributed by atoms with Gasteiger partial charge in [-0.3, -0.25) is 4.79 Å². The highest BCUT2D eigenvalue weighted by Crippen LogP contribution is 2.32. The summed E-state index contributed by atoms with van der Waals surface area (Å²) in [6.07, 6.45) is 0. The van der Waals surface area contributed by atoms with Gasteiger partial charge in [0.1, 0.15) is 12.4 Å². The number of ether oxygens (including phenoxy) is 1. The van der Waals surface area contributed by atoms with Crippen LogP contribution in [0.5, 0.6) is 5.75 Å². The molecular formula is C14H13NO2S. The molecule has 3 rings (SSSR count). The van der Waals surface area contributed by atoms with Crippen LogP contribution >= 0.6 is 11.3 Å². The van der Waals surface area contributed by atoms with Crippen LogP contribution in [0.25, 0.3) is 0 Å². The molecule has 0 unspecified atom stereocenters. The molecule has 3 nitrogen and oxygen atoms in total. The van der Waals surface area contributed by atoms with Crippen molar-refractivity contribution in [2.24, 2.45) is 0 Å². The van der Waals surface area contributed by atoms with E-state index >= 15 is 0 Å². The third kappa shape index (κ3) is 1.99. The Morgan fingerprint density at radius 2 is 2.17 bits per heavy atom. The van der Waals surface area contributed by atoms with E-state index in [4.69, 9.17) is 4.74 Å². The van der Waals surface area contributed by atoms with Crippen LogP contribution in [0.1, 0.15) is 26.2 Å². The molecule has 18 heavy (non-hydrogen) atoms. The molecule has 0 saturated carbocycles. The van der Waals surface area contributed by atoms with Crippen LogP contribution in [0, 0.1) is 6.92 Å². The Morgan fingerprint density at radius 1 is 1.33 bits per heavy atom. The van der Waals surface area contributed by atoms with Crippen LogP contribution in [-0.2, 0) is 0 Å². The summed E-state index contributed by atoms with van der Waals surface area (Å²) >= 11 is 1.51. The van der Waals surface area contributed by atoms with Crippen molar-refractivity contribution in [3.8, 4) is 5.75 Å². The first-order chi connectivity index (χ1) is 8.74. The maximum atomic E-state index is 12.1. The topological polar surface area (TPSA) is 38.3 Å². The molecular weight excluding hydrogens is 246 g/mol. The molecule has 0 aliphatic carbocycles. The summed E-state index contributed by atoms with van der Waals surface area (Å²) in [5, 5.41) is 3.01. The first-order valence-electron chi connectivity index (χ1n) is 5.83. The van der Waals surface area contributed by atoms with E-state index in [0.29, 0.717) is 6.61 Å².